The first kappa shape index (κ1) is 13.3. The van der Waals surface area contributed by atoms with Crippen molar-refractivity contribution in [3.05, 3.63) is 24.0 Å². The summed E-state index contributed by atoms with van der Waals surface area (Å²) in [7, 11) is 0. The van der Waals surface area contributed by atoms with Crippen LogP contribution in [0.4, 0.5) is 0 Å². The Balaban J connectivity index is 2.34. The number of nitrogens with one attached hydrogen (secondary N) is 1. The third kappa shape index (κ3) is 4.37. The summed E-state index contributed by atoms with van der Waals surface area (Å²) in [5.74, 6) is 0. The maximum atomic E-state index is 8.89. The molecule has 0 aliphatic heterocycles. The van der Waals surface area contributed by atoms with Crippen LogP contribution in [0.5, 0.6) is 0 Å². The van der Waals surface area contributed by atoms with Crippen LogP contribution in [0.1, 0.15) is 38.7 Å². The number of hydrogen-bond acceptors (Lipinski definition) is 2. The van der Waals surface area contributed by atoms with Crippen LogP contribution in [-0.2, 0) is 13.1 Å². The Kier molecular flexibility index (Phi) is 6.19. The zero-order chi connectivity index (χ0) is 11.8. The third-order valence-corrected chi connectivity index (χ3v) is 2.86. The Bertz CT molecular complexity index is 283. The minimum absolute atomic E-state index is 0.266. The summed E-state index contributed by atoms with van der Waals surface area (Å²) >= 11 is 0. The van der Waals surface area contributed by atoms with Crippen LogP contribution >= 0.6 is 0 Å². The van der Waals surface area contributed by atoms with Crippen molar-refractivity contribution in [2.24, 2.45) is 0 Å². The number of hydrogen-bond donors (Lipinski definition) is 2. The molecule has 0 aromatic carbocycles. The van der Waals surface area contributed by atoms with Crippen LogP contribution in [0.25, 0.3) is 0 Å². The van der Waals surface area contributed by atoms with E-state index in [2.05, 4.69) is 42.2 Å². The molecular formula is C13H24N2O. The fraction of sp³-hybridized carbons (Fsp3) is 0.692. The normalized spacial score (nSPS) is 12.9. The molecule has 1 atom stereocenters. The monoisotopic (exact) mass is 224 g/mol. The van der Waals surface area contributed by atoms with E-state index < -0.39 is 0 Å². The predicted molar refractivity (Wildman–Crippen MR) is 67.3 cm³/mol. The molecule has 0 aliphatic carbocycles. The standard InChI is InChI=1S/C13H24N2O/c1-3-7-15-8-5-12(11-15)10-14-13(4-2)6-9-16/h5,8,11,13-14,16H,3-4,6-7,9-10H2,1-2H3. The lowest BCUT2D eigenvalue weighted by molar-refractivity contribution is 0.262. The maximum Gasteiger partial charge on any atom is 0.0445 e. The van der Waals surface area contributed by atoms with Crippen LogP contribution in [0, 0.1) is 0 Å². The van der Waals surface area contributed by atoms with Crippen molar-refractivity contribution in [1.82, 2.24) is 9.88 Å². The molecule has 1 aromatic rings. The van der Waals surface area contributed by atoms with Gasteiger partial charge in [0.2, 0.25) is 0 Å². The van der Waals surface area contributed by atoms with Crippen molar-refractivity contribution in [3.63, 3.8) is 0 Å². The Morgan fingerprint density at radius 3 is 2.88 bits per heavy atom. The minimum Gasteiger partial charge on any atom is -0.396 e. The van der Waals surface area contributed by atoms with E-state index >= 15 is 0 Å². The highest BCUT2D eigenvalue weighted by atomic mass is 16.3. The van der Waals surface area contributed by atoms with Gasteiger partial charge in [-0.15, -0.1) is 0 Å². The van der Waals surface area contributed by atoms with Gasteiger partial charge in [0.1, 0.15) is 0 Å². The molecule has 1 aromatic heterocycles. The first-order valence-electron chi connectivity index (χ1n) is 6.29. The van der Waals surface area contributed by atoms with E-state index in [-0.39, 0.29) is 6.61 Å². The highest BCUT2D eigenvalue weighted by Gasteiger charge is 2.04. The Hall–Kier alpha value is -0.800. The molecule has 0 radical (unpaired) electrons. The van der Waals surface area contributed by atoms with E-state index in [1.54, 1.807) is 0 Å². The van der Waals surface area contributed by atoms with Crippen molar-refractivity contribution in [1.29, 1.82) is 0 Å². The Labute approximate surface area is 98.5 Å². The quantitative estimate of drug-likeness (QED) is 0.710. The van der Waals surface area contributed by atoms with Gasteiger partial charge in [0.25, 0.3) is 0 Å². The number of aromatic nitrogens is 1. The molecule has 2 N–H and O–H groups in total. The van der Waals surface area contributed by atoms with Crippen LogP contribution in [0.3, 0.4) is 0 Å². The van der Waals surface area contributed by atoms with Crippen LogP contribution in [-0.4, -0.2) is 22.3 Å². The molecule has 3 heteroatoms. The van der Waals surface area contributed by atoms with Gasteiger partial charge in [-0.05, 0) is 30.9 Å². The van der Waals surface area contributed by atoms with Gasteiger partial charge < -0.3 is 15.0 Å². The SMILES string of the molecule is CCCn1ccc(CNC(CC)CCO)c1. The van der Waals surface area contributed by atoms with Gasteiger partial charge in [-0.2, -0.15) is 0 Å². The Morgan fingerprint density at radius 1 is 1.44 bits per heavy atom. The lowest BCUT2D eigenvalue weighted by atomic mass is 10.1. The molecule has 0 spiro atoms. The highest BCUT2D eigenvalue weighted by molar-refractivity contribution is 5.10. The van der Waals surface area contributed by atoms with Gasteiger partial charge in [-0.1, -0.05) is 13.8 Å². The smallest absolute Gasteiger partial charge is 0.0445 e. The van der Waals surface area contributed by atoms with Gasteiger partial charge in [0, 0.05) is 38.1 Å². The lowest BCUT2D eigenvalue weighted by Gasteiger charge is -2.14. The van der Waals surface area contributed by atoms with E-state index in [1.807, 2.05) is 0 Å². The van der Waals surface area contributed by atoms with E-state index in [1.165, 1.54) is 12.0 Å². The summed E-state index contributed by atoms with van der Waals surface area (Å²) in [6.45, 7) is 6.59. The van der Waals surface area contributed by atoms with Gasteiger partial charge in [-0.3, -0.25) is 0 Å². The fourth-order valence-electron chi connectivity index (χ4n) is 1.86. The lowest BCUT2D eigenvalue weighted by Crippen LogP contribution is -2.28. The molecule has 0 saturated heterocycles. The molecular weight excluding hydrogens is 200 g/mol. The van der Waals surface area contributed by atoms with Crippen LogP contribution < -0.4 is 5.32 Å². The van der Waals surface area contributed by atoms with Gasteiger partial charge in [-0.25, -0.2) is 0 Å². The second kappa shape index (κ2) is 7.47. The molecule has 1 heterocycles. The number of rotatable bonds is 8. The molecule has 3 nitrogen and oxygen atoms in total. The van der Waals surface area contributed by atoms with Crippen molar-refractivity contribution in [2.75, 3.05) is 6.61 Å². The summed E-state index contributed by atoms with van der Waals surface area (Å²) in [6.07, 6.45) is 7.40. The molecule has 0 saturated carbocycles. The molecule has 1 unspecified atom stereocenters. The third-order valence-electron chi connectivity index (χ3n) is 2.86. The summed E-state index contributed by atoms with van der Waals surface area (Å²) in [6, 6.07) is 2.59. The first-order valence-corrected chi connectivity index (χ1v) is 6.29. The van der Waals surface area contributed by atoms with E-state index in [0.717, 1.165) is 25.9 Å². The topological polar surface area (TPSA) is 37.2 Å². The summed E-state index contributed by atoms with van der Waals surface area (Å²) < 4.78 is 2.23. The van der Waals surface area contributed by atoms with Gasteiger partial charge in [0.05, 0.1) is 0 Å². The molecule has 0 aliphatic rings. The fourth-order valence-corrected chi connectivity index (χ4v) is 1.86. The van der Waals surface area contributed by atoms with Gasteiger partial charge >= 0.3 is 0 Å². The summed E-state index contributed by atoms with van der Waals surface area (Å²) in [5.41, 5.74) is 1.32. The maximum absolute atomic E-state index is 8.89. The second-order valence-electron chi connectivity index (χ2n) is 4.26. The molecule has 0 amide bonds. The first-order chi connectivity index (χ1) is 7.80. The molecule has 92 valence electrons. The van der Waals surface area contributed by atoms with Crippen molar-refractivity contribution in [2.45, 2.75) is 52.2 Å². The minimum atomic E-state index is 0.266. The molecule has 0 bridgehead atoms. The van der Waals surface area contributed by atoms with E-state index in [9.17, 15) is 0 Å². The number of aliphatic hydroxyl groups excluding tert-OH is 1. The zero-order valence-electron chi connectivity index (χ0n) is 10.4. The van der Waals surface area contributed by atoms with Crippen LogP contribution in [0.2, 0.25) is 0 Å². The predicted octanol–water partition coefficient (Wildman–Crippen LogP) is 2.15. The number of nitrogens with zero attached hydrogens (tertiary/aromatic N) is 1. The number of aliphatic hydroxyl groups is 1. The molecule has 1 rings (SSSR count). The summed E-state index contributed by atoms with van der Waals surface area (Å²) in [4.78, 5) is 0. The van der Waals surface area contributed by atoms with Gasteiger partial charge in [0.15, 0.2) is 0 Å². The van der Waals surface area contributed by atoms with Crippen LogP contribution in [0.15, 0.2) is 18.5 Å². The van der Waals surface area contributed by atoms with Crippen molar-refractivity contribution < 1.29 is 5.11 Å². The van der Waals surface area contributed by atoms with E-state index in [4.69, 9.17) is 5.11 Å². The average molecular weight is 224 g/mol. The molecule has 0 fully saturated rings. The second-order valence-corrected chi connectivity index (χ2v) is 4.26. The Morgan fingerprint density at radius 2 is 2.25 bits per heavy atom. The average Bonchev–Trinajstić information content (AvgIpc) is 2.72. The largest absolute Gasteiger partial charge is 0.396 e. The molecule has 16 heavy (non-hydrogen) atoms. The summed E-state index contributed by atoms with van der Waals surface area (Å²) in [5, 5.41) is 12.4. The highest BCUT2D eigenvalue weighted by Crippen LogP contribution is 2.04. The van der Waals surface area contributed by atoms with Crippen molar-refractivity contribution in [3.8, 4) is 0 Å². The number of aryl methyl sites for hydroxylation is 1. The van der Waals surface area contributed by atoms with E-state index in [0.29, 0.717) is 6.04 Å². The zero-order valence-corrected chi connectivity index (χ0v) is 10.4. The van der Waals surface area contributed by atoms with Crippen molar-refractivity contribution >= 4 is 0 Å².